The van der Waals surface area contributed by atoms with Crippen molar-refractivity contribution in [2.75, 3.05) is 9.44 Å². The second-order valence-corrected chi connectivity index (χ2v) is 10.6. The van der Waals surface area contributed by atoms with Crippen LogP contribution < -0.4 is 9.44 Å². The fourth-order valence-electron chi connectivity index (χ4n) is 2.76. The van der Waals surface area contributed by atoms with E-state index in [2.05, 4.69) is 19.4 Å². The molecule has 0 spiro atoms. The van der Waals surface area contributed by atoms with E-state index in [1.165, 1.54) is 0 Å². The largest absolute Gasteiger partial charge is 0.417 e. The quantitative estimate of drug-likeness (QED) is 0.498. The molecule has 2 aromatic carbocycles. The average molecular weight is 521 g/mol. The smallest absolute Gasteiger partial charge is 0.280 e. The Hall–Kier alpha value is -2.90. The Bertz CT molecular complexity index is 1390. The average Bonchev–Trinajstić information content (AvgIpc) is 2.66. The van der Waals surface area contributed by atoms with E-state index in [1.54, 1.807) is 19.9 Å². The number of hydrogen-bond donors (Lipinski definition) is 2. The second kappa shape index (κ2) is 8.80. The van der Waals surface area contributed by atoms with Gasteiger partial charge in [-0.15, -0.1) is 0 Å². The molecule has 0 atom stereocenters. The molecule has 2 N–H and O–H groups in total. The van der Waals surface area contributed by atoms with Crippen LogP contribution >= 0.6 is 11.6 Å². The van der Waals surface area contributed by atoms with Crippen LogP contribution in [0.4, 0.5) is 24.8 Å². The molecule has 3 aromatic rings. The number of rotatable bonds is 6. The summed E-state index contributed by atoms with van der Waals surface area (Å²) in [4.78, 5) is 7.11. The molecule has 0 saturated heterocycles. The first-order valence-electron chi connectivity index (χ1n) is 9.02. The first-order chi connectivity index (χ1) is 15.2. The van der Waals surface area contributed by atoms with Crippen molar-refractivity contribution in [1.29, 1.82) is 0 Å². The maximum absolute atomic E-state index is 13.0. The molecule has 0 aliphatic rings. The van der Waals surface area contributed by atoms with Crippen LogP contribution in [-0.2, 0) is 26.2 Å². The maximum atomic E-state index is 13.0. The van der Waals surface area contributed by atoms with Crippen LogP contribution in [-0.4, -0.2) is 26.8 Å². The highest BCUT2D eigenvalue weighted by molar-refractivity contribution is 7.93. The lowest BCUT2D eigenvalue weighted by Crippen LogP contribution is -2.17. The van der Waals surface area contributed by atoms with Crippen molar-refractivity contribution in [2.45, 2.75) is 29.8 Å². The van der Waals surface area contributed by atoms with Gasteiger partial charge in [-0.3, -0.25) is 4.72 Å². The van der Waals surface area contributed by atoms with Crippen LogP contribution in [0.2, 0.25) is 5.02 Å². The zero-order chi connectivity index (χ0) is 24.6. The lowest BCUT2D eigenvalue weighted by molar-refractivity contribution is -0.137. The first kappa shape index (κ1) is 24.7. The Labute approximate surface area is 193 Å². The zero-order valence-electron chi connectivity index (χ0n) is 17.0. The van der Waals surface area contributed by atoms with E-state index in [1.807, 2.05) is 0 Å². The number of aromatic nitrogens is 2. The Morgan fingerprint density at radius 1 is 0.788 bits per heavy atom. The van der Waals surface area contributed by atoms with E-state index in [4.69, 9.17) is 11.6 Å². The van der Waals surface area contributed by atoms with Gasteiger partial charge in [0.25, 0.3) is 20.0 Å². The molecule has 0 amide bonds. The van der Waals surface area contributed by atoms with Crippen LogP contribution in [0.5, 0.6) is 0 Å². The van der Waals surface area contributed by atoms with Gasteiger partial charge in [-0.2, -0.15) is 13.2 Å². The van der Waals surface area contributed by atoms with Crippen LogP contribution in [0, 0.1) is 13.8 Å². The number of aryl methyl sites for hydroxylation is 2. The molecule has 1 heterocycles. The first-order valence-corrected chi connectivity index (χ1v) is 12.4. The van der Waals surface area contributed by atoms with Gasteiger partial charge in [0.05, 0.1) is 20.4 Å². The predicted molar refractivity (Wildman–Crippen MR) is 116 cm³/mol. The number of halogens is 4. The number of nitrogens with zero attached hydrogens (tertiary/aromatic N) is 2. The highest BCUT2D eigenvalue weighted by Crippen LogP contribution is 2.36. The molecule has 8 nitrogen and oxygen atoms in total. The summed E-state index contributed by atoms with van der Waals surface area (Å²) in [6, 6.07) is 8.36. The lowest BCUT2D eigenvalue weighted by atomic mass is 10.2. The normalized spacial score (nSPS) is 12.4. The van der Waals surface area contributed by atoms with Crippen LogP contribution in [0.15, 0.2) is 58.3 Å². The molecule has 0 radical (unpaired) electrons. The van der Waals surface area contributed by atoms with Crippen molar-refractivity contribution < 1.29 is 30.0 Å². The van der Waals surface area contributed by atoms with Gasteiger partial charge < -0.3 is 0 Å². The topological polar surface area (TPSA) is 118 Å². The van der Waals surface area contributed by atoms with Crippen molar-refractivity contribution in [2.24, 2.45) is 0 Å². The summed E-state index contributed by atoms with van der Waals surface area (Å²) in [7, 11) is -8.49. The van der Waals surface area contributed by atoms with Gasteiger partial charge in [0.2, 0.25) is 5.95 Å². The minimum Gasteiger partial charge on any atom is -0.280 e. The van der Waals surface area contributed by atoms with Crippen LogP contribution in [0.3, 0.4) is 0 Å². The highest BCUT2D eigenvalue weighted by atomic mass is 35.5. The van der Waals surface area contributed by atoms with Gasteiger partial charge in [0.15, 0.2) is 0 Å². The summed E-state index contributed by atoms with van der Waals surface area (Å²) < 4.78 is 93.5. The fraction of sp³-hybridized carbons (Fsp3) is 0.158. The third-order valence-electron chi connectivity index (χ3n) is 4.18. The van der Waals surface area contributed by atoms with Gasteiger partial charge in [0.1, 0.15) is 0 Å². The molecule has 14 heteroatoms. The number of sulfonamides is 2. The van der Waals surface area contributed by atoms with Gasteiger partial charge in [0, 0.05) is 17.1 Å². The molecule has 0 bridgehead atoms. The monoisotopic (exact) mass is 520 g/mol. The van der Waals surface area contributed by atoms with Crippen molar-refractivity contribution in [3.05, 3.63) is 70.5 Å². The van der Waals surface area contributed by atoms with Crippen LogP contribution in [0.1, 0.15) is 17.0 Å². The van der Waals surface area contributed by atoms with E-state index in [0.717, 1.165) is 36.4 Å². The fourth-order valence-corrected chi connectivity index (χ4v) is 5.01. The molecule has 1 aromatic heterocycles. The number of hydrogen-bond acceptors (Lipinski definition) is 6. The summed E-state index contributed by atoms with van der Waals surface area (Å²) >= 11 is 5.52. The summed E-state index contributed by atoms with van der Waals surface area (Å²) in [6.45, 7) is 3.34. The molecular formula is C19H16ClF3N4O4S2. The minimum absolute atomic E-state index is 0.0693. The van der Waals surface area contributed by atoms with Gasteiger partial charge in [-0.05, 0) is 62.4 Å². The Morgan fingerprint density at radius 2 is 1.30 bits per heavy atom. The maximum Gasteiger partial charge on any atom is 0.417 e. The van der Waals surface area contributed by atoms with Crippen molar-refractivity contribution in [3.8, 4) is 0 Å². The molecule has 0 aliphatic heterocycles. The number of nitrogens with one attached hydrogen (secondary N) is 2. The van der Waals surface area contributed by atoms with Crippen molar-refractivity contribution in [3.63, 3.8) is 0 Å². The number of benzene rings is 2. The second-order valence-electron chi connectivity index (χ2n) is 6.85. The van der Waals surface area contributed by atoms with Crippen molar-refractivity contribution >= 4 is 43.3 Å². The zero-order valence-corrected chi connectivity index (χ0v) is 19.4. The lowest BCUT2D eigenvalue weighted by Gasteiger charge is -2.13. The number of anilines is 2. The standard InChI is InChI=1S/C19H16ClF3N4O4S2/c1-11-9-12(2)25-18(24-11)27-32(28,29)14-5-3-13(4-6-14)26-33(30,31)15-7-8-17(20)16(10-15)19(21,22)23/h3-10,26H,1-2H3,(H,24,25,27). The Balaban J connectivity index is 1.83. The Morgan fingerprint density at radius 3 is 1.85 bits per heavy atom. The molecule has 0 unspecified atom stereocenters. The summed E-state index contributed by atoms with van der Waals surface area (Å²) in [6.07, 6.45) is -4.84. The predicted octanol–water partition coefficient (Wildman–Crippen LogP) is 4.37. The summed E-state index contributed by atoms with van der Waals surface area (Å²) in [5.41, 5.74) is -0.255. The summed E-state index contributed by atoms with van der Waals surface area (Å²) in [5.74, 6) is -0.125. The van der Waals surface area contributed by atoms with Gasteiger partial charge >= 0.3 is 6.18 Å². The third kappa shape index (κ3) is 5.92. The Kier molecular flexibility index (Phi) is 6.60. The molecule has 33 heavy (non-hydrogen) atoms. The molecule has 0 aliphatic carbocycles. The van der Waals surface area contributed by atoms with E-state index in [-0.39, 0.29) is 16.5 Å². The van der Waals surface area contributed by atoms with Crippen LogP contribution in [0.25, 0.3) is 0 Å². The minimum atomic E-state index is -4.84. The van der Waals surface area contributed by atoms with E-state index in [0.29, 0.717) is 17.5 Å². The molecule has 3 rings (SSSR count). The van der Waals surface area contributed by atoms with E-state index >= 15 is 0 Å². The SMILES string of the molecule is Cc1cc(C)nc(NS(=O)(=O)c2ccc(NS(=O)(=O)c3ccc(Cl)c(C(F)(F)F)c3)cc2)n1. The van der Waals surface area contributed by atoms with E-state index < -0.39 is 41.7 Å². The number of alkyl halides is 3. The van der Waals surface area contributed by atoms with Gasteiger partial charge in [-0.1, -0.05) is 11.6 Å². The molecular weight excluding hydrogens is 505 g/mol. The van der Waals surface area contributed by atoms with E-state index in [9.17, 15) is 30.0 Å². The third-order valence-corrected chi connectivity index (χ3v) is 7.23. The highest BCUT2D eigenvalue weighted by Gasteiger charge is 2.34. The van der Waals surface area contributed by atoms with Crippen molar-refractivity contribution in [1.82, 2.24) is 9.97 Å². The molecule has 176 valence electrons. The molecule has 0 fully saturated rings. The van der Waals surface area contributed by atoms with Gasteiger partial charge in [-0.25, -0.2) is 31.5 Å². The molecule has 0 saturated carbocycles. The summed E-state index contributed by atoms with van der Waals surface area (Å²) in [5, 5.41) is -0.642.